The number of halogens is 1. The number of nitrogens with two attached hydrogens (primary N) is 1. The average molecular weight is 291 g/mol. The molecule has 2 unspecified atom stereocenters. The molecule has 1 aromatic rings. The fraction of sp³-hybridized carbons (Fsp3) is 0.500. The number of rotatable bonds is 5. The van der Waals surface area contributed by atoms with Gasteiger partial charge in [0.25, 0.3) is 0 Å². The minimum absolute atomic E-state index is 0.139. The lowest BCUT2D eigenvalue weighted by Gasteiger charge is -2.09. The summed E-state index contributed by atoms with van der Waals surface area (Å²) in [5.74, 6) is 0.508. The molecule has 0 amide bonds. The number of nitrogens with zero attached hydrogens (tertiary/aromatic N) is 1. The molecule has 0 aromatic carbocycles. The normalized spacial score (nSPS) is 14.9. The molecule has 3 nitrogen and oxygen atoms in total. The second-order valence-corrected chi connectivity index (χ2v) is 6.15. The molecule has 1 aromatic heterocycles. The average Bonchev–Trinajstić information content (AvgIpc) is 2.22. The summed E-state index contributed by atoms with van der Waals surface area (Å²) < 4.78 is 12.7. The summed E-state index contributed by atoms with van der Waals surface area (Å²) in [6, 6.07) is 3.80. The van der Waals surface area contributed by atoms with E-state index in [2.05, 4.69) is 20.9 Å². The first-order valence-corrected chi connectivity index (χ1v) is 6.98. The van der Waals surface area contributed by atoms with Crippen molar-refractivity contribution < 1.29 is 4.21 Å². The first kappa shape index (κ1) is 12.8. The zero-order valence-corrected chi connectivity index (χ0v) is 11.1. The van der Waals surface area contributed by atoms with Crippen LogP contribution in [0.2, 0.25) is 0 Å². The fourth-order valence-corrected chi connectivity index (χ4v) is 2.53. The van der Waals surface area contributed by atoms with E-state index in [1.165, 1.54) is 0 Å². The Morgan fingerprint density at radius 1 is 1.60 bits per heavy atom. The van der Waals surface area contributed by atoms with Gasteiger partial charge < -0.3 is 5.73 Å². The van der Waals surface area contributed by atoms with Gasteiger partial charge in [-0.15, -0.1) is 0 Å². The Morgan fingerprint density at radius 2 is 2.33 bits per heavy atom. The van der Waals surface area contributed by atoms with E-state index in [9.17, 15) is 4.21 Å². The van der Waals surface area contributed by atoms with Gasteiger partial charge in [0.15, 0.2) is 0 Å². The van der Waals surface area contributed by atoms with E-state index in [1.807, 2.05) is 19.1 Å². The van der Waals surface area contributed by atoms with Crippen molar-refractivity contribution in [2.24, 2.45) is 5.73 Å². The van der Waals surface area contributed by atoms with Crippen LogP contribution in [0.25, 0.3) is 0 Å². The summed E-state index contributed by atoms with van der Waals surface area (Å²) in [6.07, 6.45) is 2.52. The summed E-state index contributed by atoms with van der Waals surface area (Å²) in [5, 5.41) is 0.139. The van der Waals surface area contributed by atoms with Crippen LogP contribution < -0.4 is 5.73 Å². The molecule has 0 fully saturated rings. The maximum Gasteiger partial charge on any atom is 0.0661 e. The summed E-state index contributed by atoms with van der Waals surface area (Å²) >= 11 is 3.31. The molecule has 2 N–H and O–H groups in total. The lowest BCUT2D eigenvalue weighted by molar-refractivity contribution is 0.665. The molecule has 0 spiro atoms. The Labute approximate surface area is 101 Å². The molecule has 0 bridgehead atoms. The topological polar surface area (TPSA) is 56.0 Å². The van der Waals surface area contributed by atoms with Gasteiger partial charge in [-0.2, -0.15) is 0 Å². The van der Waals surface area contributed by atoms with Gasteiger partial charge in [-0.1, -0.05) is 6.92 Å². The number of pyridine rings is 1. The van der Waals surface area contributed by atoms with Crippen LogP contribution in [-0.2, 0) is 16.6 Å². The molecule has 0 radical (unpaired) electrons. The molecule has 0 saturated heterocycles. The number of hydrogen-bond donors (Lipinski definition) is 1. The van der Waals surface area contributed by atoms with E-state index in [-0.39, 0.29) is 5.25 Å². The quantitative estimate of drug-likeness (QED) is 0.900. The molecule has 1 rings (SSSR count). The molecular weight excluding hydrogens is 276 g/mol. The van der Waals surface area contributed by atoms with E-state index in [1.54, 1.807) is 6.20 Å². The fourth-order valence-electron chi connectivity index (χ4n) is 1.15. The first-order valence-electron chi connectivity index (χ1n) is 4.81. The van der Waals surface area contributed by atoms with E-state index < -0.39 is 10.8 Å². The van der Waals surface area contributed by atoms with Crippen molar-refractivity contribution in [3.8, 4) is 0 Å². The van der Waals surface area contributed by atoms with Crippen LogP contribution in [0.5, 0.6) is 0 Å². The summed E-state index contributed by atoms with van der Waals surface area (Å²) in [7, 11) is -0.880. The second-order valence-electron chi connectivity index (χ2n) is 3.38. The van der Waals surface area contributed by atoms with Crippen LogP contribution >= 0.6 is 15.9 Å². The molecule has 84 valence electrons. The second kappa shape index (κ2) is 6.35. The van der Waals surface area contributed by atoms with Crippen molar-refractivity contribution >= 4 is 26.7 Å². The van der Waals surface area contributed by atoms with Crippen LogP contribution in [0, 0.1) is 0 Å². The highest BCUT2D eigenvalue weighted by Gasteiger charge is 2.11. The lowest BCUT2D eigenvalue weighted by atomic mass is 10.3. The van der Waals surface area contributed by atoms with Gasteiger partial charge in [-0.25, -0.2) is 0 Å². The van der Waals surface area contributed by atoms with Gasteiger partial charge in [-0.3, -0.25) is 9.19 Å². The van der Waals surface area contributed by atoms with Crippen LogP contribution in [0.4, 0.5) is 0 Å². The van der Waals surface area contributed by atoms with Gasteiger partial charge in [0.1, 0.15) is 0 Å². The number of hydrogen-bond acceptors (Lipinski definition) is 3. The molecular formula is C10H15BrN2OS. The largest absolute Gasteiger partial charge is 0.330 e. The Balaban J connectivity index is 2.54. The van der Waals surface area contributed by atoms with Gasteiger partial charge in [0.05, 0.1) is 11.4 Å². The molecule has 5 heteroatoms. The maximum absolute atomic E-state index is 11.8. The SMILES string of the molecule is CC(CCN)S(=O)Cc1ccc(Br)cn1. The Hall–Kier alpha value is -0.260. The predicted octanol–water partition coefficient (Wildman–Crippen LogP) is 1.83. The van der Waals surface area contributed by atoms with E-state index in [0.29, 0.717) is 12.3 Å². The molecule has 2 atom stereocenters. The molecule has 0 saturated carbocycles. The van der Waals surface area contributed by atoms with Crippen molar-refractivity contribution in [1.82, 2.24) is 4.98 Å². The summed E-state index contributed by atoms with van der Waals surface area (Å²) in [5.41, 5.74) is 6.29. The highest BCUT2D eigenvalue weighted by molar-refractivity contribution is 9.10. The van der Waals surface area contributed by atoms with Crippen LogP contribution in [0.15, 0.2) is 22.8 Å². The minimum atomic E-state index is -0.880. The molecule has 0 aliphatic carbocycles. The van der Waals surface area contributed by atoms with Crippen molar-refractivity contribution in [2.45, 2.75) is 24.3 Å². The third-order valence-electron chi connectivity index (χ3n) is 2.10. The monoisotopic (exact) mass is 290 g/mol. The third-order valence-corrected chi connectivity index (χ3v) is 4.28. The van der Waals surface area contributed by atoms with E-state index in [0.717, 1.165) is 16.6 Å². The highest BCUT2D eigenvalue weighted by Crippen LogP contribution is 2.11. The van der Waals surface area contributed by atoms with Gasteiger partial charge in [0, 0.05) is 26.7 Å². The smallest absolute Gasteiger partial charge is 0.0661 e. The Kier molecular flexibility index (Phi) is 5.42. The molecule has 1 heterocycles. The predicted molar refractivity (Wildman–Crippen MR) is 66.9 cm³/mol. The molecule has 15 heavy (non-hydrogen) atoms. The molecule has 0 aliphatic rings. The third kappa shape index (κ3) is 4.40. The van der Waals surface area contributed by atoms with E-state index in [4.69, 9.17) is 5.73 Å². The standard InChI is InChI=1S/C10H15BrN2OS/c1-8(4-5-12)15(14)7-10-3-2-9(11)6-13-10/h2-3,6,8H,4-5,7,12H2,1H3. The molecule has 0 aliphatic heterocycles. The van der Waals surface area contributed by atoms with Crippen molar-refractivity contribution in [2.75, 3.05) is 6.54 Å². The van der Waals surface area contributed by atoms with Crippen molar-refractivity contribution in [1.29, 1.82) is 0 Å². The number of aromatic nitrogens is 1. The van der Waals surface area contributed by atoms with E-state index >= 15 is 0 Å². The van der Waals surface area contributed by atoms with Crippen LogP contribution in [-0.4, -0.2) is 21.0 Å². The summed E-state index contributed by atoms with van der Waals surface area (Å²) in [6.45, 7) is 2.54. The van der Waals surface area contributed by atoms with Gasteiger partial charge in [0.2, 0.25) is 0 Å². The Bertz CT molecular complexity index is 329. The summed E-state index contributed by atoms with van der Waals surface area (Å²) in [4.78, 5) is 4.19. The van der Waals surface area contributed by atoms with Crippen LogP contribution in [0.3, 0.4) is 0 Å². The zero-order valence-electron chi connectivity index (χ0n) is 8.65. The van der Waals surface area contributed by atoms with Crippen LogP contribution in [0.1, 0.15) is 19.0 Å². The highest BCUT2D eigenvalue weighted by atomic mass is 79.9. The maximum atomic E-state index is 11.8. The zero-order chi connectivity index (χ0) is 11.3. The van der Waals surface area contributed by atoms with Gasteiger partial charge >= 0.3 is 0 Å². The van der Waals surface area contributed by atoms with Crippen molar-refractivity contribution in [3.05, 3.63) is 28.5 Å². The van der Waals surface area contributed by atoms with Crippen molar-refractivity contribution in [3.63, 3.8) is 0 Å². The Morgan fingerprint density at radius 3 is 2.87 bits per heavy atom. The minimum Gasteiger partial charge on any atom is -0.330 e. The lowest BCUT2D eigenvalue weighted by Crippen LogP contribution is -2.17. The first-order chi connectivity index (χ1) is 7.13. The van der Waals surface area contributed by atoms with Gasteiger partial charge in [-0.05, 0) is 41.0 Å².